The van der Waals surface area contributed by atoms with Gasteiger partial charge in [-0.1, -0.05) is 36.4 Å². The highest BCUT2D eigenvalue weighted by atomic mass is 16.3. The number of aromatic nitrogens is 1. The molecule has 0 aliphatic carbocycles. The van der Waals surface area contributed by atoms with Gasteiger partial charge >= 0.3 is 0 Å². The number of fused-ring (bicyclic) bond motifs is 1. The molecule has 30 heavy (non-hydrogen) atoms. The molecule has 0 saturated heterocycles. The third-order valence-electron chi connectivity index (χ3n) is 4.93. The van der Waals surface area contributed by atoms with E-state index in [1.54, 1.807) is 37.4 Å². The summed E-state index contributed by atoms with van der Waals surface area (Å²) in [5.74, 6) is 0.496. The van der Waals surface area contributed by atoms with E-state index >= 15 is 0 Å². The first-order valence-electron chi connectivity index (χ1n) is 9.53. The van der Waals surface area contributed by atoms with Gasteiger partial charge in [0.05, 0.1) is 16.6 Å². The van der Waals surface area contributed by atoms with Gasteiger partial charge in [-0.3, -0.25) is 9.59 Å². The highest BCUT2D eigenvalue weighted by Crippen LogP contribution is 2.28. The lowest BCUT2D eigenvalue weighted by Crippen LogP contribution is -2.18. The zero-order valence-corrected chi connectivity index (χ0v) is 17.0. The molecule has 4 rings (SSSR count). The topological polar surface area (TPSA) is 75.4 Å². The highest BCUT2D eigenvalue weighted by Gasteiger charge is 2.19. The van der Waals surface area contributed by atoms with Crippen LogP contribution in [0, 0.1) is 6.92 Å². The average molecular weight is 399 g/mol. The number of amides is 1. The maximum Gasteiger partial charge on any atom is 0.260 e. The van der Waals surface area contributed by atoms with E-state index in [2.05, 4.69) is 10.3 Å². The van der Waals surface area contributed by atoms with Crippen molar-refractivity contribution in [3.8, 4) is 11.3 Å². The van der Waals surface area contributed by atoms with Gasteiger partial charge in [0.1, 0.15) is 5.76 Å². The molecule has 2 heterocycles. The summed E-state index contributed by atoms with van der Waals surface area (Å²) in [5, 5.41) is 3.21. The van der Waals surface area contributed by atoms with E-state index in [0.29, 0.717) is 22.5 Å². The number of benzene rings is 2. The van der Waals surface area contributed by atoms with E-state index in [4.69, 9.17) is 4.42 Å². The van der Waals surface area contributed by atoms with E-state index in [1.165, 1.54) is 0 Å². The van der Waals surface area contributed by atoms with Crippen LogP contribution in [-0.2, 0) is 0 Å². The second-order valence-corrected chi connectivity index (χ2v) is 7.15. The molecule has 0 fully saturated rings. The number of hydrogen-bond acceptors (Lipinski definition) is 5. The van der Waals surface area contributed by atoms with Crippen molar-refractivity contribution in [1.29, 1.82) is 0 Å². The molecule has 2 aromatic carbocycles. The number of hydrogen-bond donors (Lipinski definition) is 1. The van der Waals surface area contributed by atoms with Crippen molar-refractivity contribution in [2.24, 2.45) is 0 Å². The van der Waals surface area contributed by atoms with Crippen molar-refractivity contribution in [2.75, 3.05) is 24.3 Å². The lowest BCUT2D eigenvalue weighted by molar-refractivity contribution is 0.102. The van der Waals surface area contributed by atoms with Crippen molar-refractivity contribution in [1.82, 2.24) is 4.98 Å². The highest BCUT2D eigenvalue weighted by molar-refractivity contribution is 6.12. The fraction of sp³-hybridized carbons (Fsp3) is 0.125. The summed E-state index contributed by atoms with van der Waals surface area (Å²) < 4.78 is 6.14. The maximum atomic E-state index is 13.1. The van der Waals surface area contributed by atoms with Gasteiger partial charge in [0.25, 0.3) is 5.91 Å². The molecule has 0 bridgehead atoms. The Hall–Kier alpha value is -3.93. The van der Waals surface area contributed by atoms with Crippen LogP contribution < -0.4 is 15.6 Å². The molecular weight excluding hydrogens is 378 g/mol. The number of carbonyl (C=O) groups excluding carboxylic acids is 1. The molecule has 0 aliphatic rings. The third kappa shape index (κ3) is 3.43. The molecule has 6 nitrogen and oxygen atoms in total. The smallest absolute Gasteiger partial charge is 0.260 e. The van der Waals surface area contributed by atoms with Crippen molar-refractivity contribution in [2.45, 2.75) is 6.92 Å². The molecule has 4 aromatic rings. The first-order valence-corrected chi connectivity index (χ1v) is 9.53. The fourth-order valence-corrected chi connectivity index (χ4v) is 3.38. The number of nitrogens with zero attached hydrogens (tertiary/aromatic N) is 2. The summed E-state index contributed by atoms with van der Waals surface area (Å²) in [6.45, 7) is 1.73. The molecule has 0 atom stereocenters. The molecule has 0 unspecified atom stereocenters. The number of carbonyl (C=O) groups is 1. The van der Waals surface area contributed by atoms with Crippen LogP contribution in [-0.4, -0.2) is 25.0 Å². The van der Waals surface area contributed by atoms with E-state index in [0.717, 1.165) is 11.3 Å². The second kappa shape index (κ2) is 7.83. The Balaban J connectivity index is 1.85. The Bertz CT molecular complexity index is 1290. The van der Waals surface area contributed by atoms with Crippen molar-refractivity contribution < 1.29 is 9.21 Å². The molecule has 0 saturated carbocycles. The molecule has 1 N–H and O–H groups in total. The second-order valence-electron chi connectivity index (χ2n) is 7.15. The average Bonchev–Trinajstić information content (AvgIpc) is 2.76. The number of anilines is 2. The lowest BCUT2D eigenvalue weighted by Gasteiger charge is -2.17. The number of para-hydroxylation sites is 1. The number of rotatable bonds is 4. The Kier molecular flexibility index (Phi) is 5.06. The SMILES string of the molecule is Cc1c(-c2ccccc2)oc2c(C(=O)Nc3ncccc3N(C)C)cccc2c1=O. The first kappa shape index (κ1) is 19.4. The lowest BCUT2D eigenvalue weighted by atomic mass is 10.0. The predicted octanol–water partition coefficient (Wildman–Crippen LogP) is 4.48. The standard InChI is InChI=1S/C24H21N3O3/c1-15-20(28)17-11-7-12-18(22(17)30-21(15)16-9-5-4-6-10-16)24(29)26-23-19(27(2)3)13-8-14-25-23/h4-14H,1-3H3,(H,25,26,29). The Morgan fingerprint density at radius 2 is 1.77 bits per heavy atom. The fourth-order valence-electron chi connectivity index (χ4n) is 3.38. The van der Waals surface area contributed by atoms with Crippen LogP contribution in [0.5, 0.6) is 0 Å². The Morgan fingerprint density at radius 1 is 1.00 bits per heavy atom. The largest absolute Gasteiger partial charge is 0.455 e. The molecule has 1 amide bonds. The van der Waals surface area contributed by atoms with Crippen LogP contribution in [0.1, 0.15) is 15.9 Å². The van der Waals surface area contributed by atoms with Crippen LogP contribution in [0.3, 0.4) is 0 Å². The molecular formula is C24H21N3O3. The summed E-state index contributed by atoms with van der Waals surface area (Å²) >= 11 is 0. The minimum Gasteiger partial charge on any atom is -0.455 e. The summed E-state index contributed by atoms with van der Waals surface area (Å²) in [7, 11) is 3.75. The summed E-state index contributed by atoms with van der Waals surface area (Å²) in [6, 6.07) is 18.1. The summed E-state index contributed by atoms with van der Waals surface area (Å²) in [6.07, 6.45) is 1.61. The predicted molar refractivity (Wildman–Crippen MR) is 119 cm³/mol. The minimum atomic E-state index is -0.395. The van der Waals surface area contributed by atoms with Crippen LogP contribution in [0.2, 0.25) is 0 Å². The van der Waals surface area contributed by atoms with Gasteiger partial charge in [-0.2, -0.15) is 0 Å². The monoisotopic (exact) mass is 399 g/mol. The van der Waals surface area contributed by atoms with Gasteiger partial charge in [-0.25, -0.2) is 4.98 Å². The quantitative estimate of drug-likeness (QED) is 0.548. The van der Waals surface area contributed by atoms with Crippen molar-refractivity contribution in [3.63, 3.8) is 0 Å². The van der Waals surface area contributed by atoms with E-state index in [-0.39, 0.29) is 16.6 Å². The molecule has 150 valence electrons. The van der Waals surface area contributed by atoms with E-state index in [9.17, 15) is 9.59 Å². The van der Waals surface area contributed by atoms with Crippen molar-refractivity contribution in [3.05, 3.63) is 88.2 Å². The number of nitrogens with one attached hydrogen (secondary N) is 1. The van der Waals surface area contributed by atoms with Gasteiger partial charge in [0.2, 0.25) is 0 Å². The van der Waals surface area contributed by atoms with Gasteiger partial charge in [0, 0.05) is 31.4 Å². The molecule has 2 aromatic heterocycles. The Morgan fingerprint density at radius 3 is 2.50 bits per heavy atom. The van der Waals surface area contributed by atoms with Gasteiger partial charge in [-0.15, -0.1) is 0 Å². The summed E-state index contributed by atoms with van der Waals surface area (Å²) in [4.78, 5) is 32.2. The van der Waals surface area contributed by atoms with Gasteiger partial charge < -0.3 is 14.6 Å². The summed E-state index contributed by atoms with van der Waals surface area (Å²) in [5.41, 5.74) is 2.43. The van der Waals surface area contributed by atoms with Gasteiger partial charge in [-0.05, 0) is 31.2 Å². The van der Waals surface area contributed by atoms with Crippen LogP contribution in [0.4, 0.5) is 11.5 Å². The maximum absolute atomic E-state index is 13.1. The Labute approximate surface area is 173 Å². The zero-order chi connectivity index (χ0) is 21.3. The normalized spacial score (nSPS) is 10.8. The zero-order valence-electron chi connectivity index (χ0n) is 17.0. The van der Waals surface area contributed by atoms with Crippen LogP contribution >= 0.6 is 0 Å². The molecule has 6 heteroatoms. The van der Waals surface area contributed by atoms with E-state index in [1.807, 2.05) is 55.4 Å². The molecule has 0 spiro atoms. The first-order chi connectivity index (χ1) is 14.5. The molecule has 0 radical (unpaired) electrons. The van der Waals surface area contributed by atoms with Crippen LogP contribution in [0.15, 0.2) is 76.1 Å². The van der Waals surface area contributed by atoms with Gasteiger partial charge in [0.15, 0.2) is 16.8 Å². The number of pyridine rings is 1. The third-order valence-corrected chi connectivity index (χ3v) is 4.93. The van der Waals surface area contributed by atoms with Crippen molar-refractivity contribution >= 4 is 28.4 Å². The molecule has 0 aliphatic heterocycles. The van der Waals surface area contributed by atoms with E-state index < -0.39 is 5.91 Å². The van der Waals surface area contributed by atoms with Crippen LogP contribution in [0.25, 0.3) is 22.3 Å². The minimum absolute atomic E-state index is 0.156.